The zero-order valence-electron chi connectivity index (χ0n) is 10.8. The van der Waals surface area contributed by atoms with Crippen LogP contribution in [0, 0.1) is 6.92 Å². The number of hydrogen-bond acceptors (Lipinski definition) is 4. The summed E-state index contributed by atoms with van der Waals surface area (Å²) >= 11 is 0. The fraction of sp³-hybridized carbons (Fsp3) is 0.250. The molecular formula is C12H16N4O2S. The van der Waals surface area contributed by atoms with Crippen LogP contribution < -0.4 is 10.5 Å². The molecule has 7 heteroatoms. The van der Waals surface area contributed by atoms with E-state index in [0.29, 0.717) is 17.1 Å². The molecule has 0 fully saturated rings. The molecule has 0 saturated carbocycles. The average molecular weight is 280 g/mol. The fourth-order valence-corrected chi connectivity index (χ4v) is 2.99. The Labute approximate surface area is 112 Å². The minimum atomic E-state index is -3.64. The van der Waals surface area contributed by atoms with E-state index in [2.05, 4.69) is 14.9 Å². The van der Waals surface area contributed by atoms with Gasteiger partial charge in [-0.15, -0.1) is 0 Å². The van der Waals surface area contributed by atoms with Gasteiger partial charge in [0.2, 0.25) is 0 Å². The maximum Gasteiger partial charge on any atom is 0.265 e. The van der Waals surface area contributed by atoms with E-state index in [9.17, 15) is 8.42 Å². The van der Waals surface area contributed by atoms with Crippen molar-refractivity contribution in [2.45, 2.75) is 25.2 Å². The van der Waals surface area contributed by atoms with Gasteiger partial charge in [0, 0.05) is 5.69 Å². The van der Waals surface area contributed by atoms with Crippen molar-refractivity contribution < 1.29 is 8.42 Å². The number of sulfonamides is 1. The minimum Gasteiger partial charge on any atom is -0.398 e. The molecule has 1 heterocycles. The Hall–Kier alpha value is -2.02. The first kappa shape index (κ1) is 13.4. The Morgan fingerprint density at radius 3 is 2.68 bits per heavy atom. The van der Waals surface area contributed by atoms with Crippen molar-refractivity contribution in [1.82, 2.24) is 10.2 Å². The van der Waals surface area contributed by atoms with Gasteiger partial charge in [-0.2, -0.15) is 5.10 Å². The molecule has 0 unspecified atom stereocenters. The van der Waals surface area contributed by atoms with Crippen LogP contribution in [0.5, 0.6) is 0 Å². The number of nitrogens with one attached hydrogen (secondary N) is 2. The van der Waals surface area contributed by atoms with Crippen molar-refractivity contribution in [3.63, 3.8) is 0 Å². The van der Waals surface area contributed by atoms with E-state index in [1.165, 1.54) is 6.20 Å². The van der Waals surface area contributed by atoms with Crippen molar-refractivity contribution in [1.29, 1.82) is 0 Å². The van der Waals surface area contributed by atoms with Crippen molar-refractivity contribution >= 4 is 21.4 Å². The van der Waals surface area contributed by atoms with Crippen LogP contribution in [0.25, 0.3) is 0 Å². The SMILES string of the molecule is CCc1ccc(NS(=O)(=O)c2cn[nH]c2C)cc1N. The second-order valence-corrected chi connectivity index (χ2v) is 5.88. The molecule has 0 amide bonds. The van der Waals surface area contributed by atoms with Gasteiger partial charge in [-0.05, 0) is 31.0 Å². The largest absolute Gasteiger partial charge is 0.398 e. The first-order chi connectivity index (χ1) is 8.94. The van der Waals surface area contributed by atoms with E-state index in [4.69, 9.17) is 5.73 Å². The number of benzene rings is 1. The van der Waals surface area contributed by atoms with Crippen molar-refractivity contribution in [3.05, 3.63) is 35.7 Å². The number of nitrogens with zero attached hydrogens (tertiary/aromatic N) is 1. The van der Waals surface area contributed by atoms with E-state index in [1.54, 1.807) is 19.1 Å². The third-order valence-corrected chi connectivity index (χ3v) is 4.35. The third kappa shape index (κ3) is 2.70. The second-order valence-electron chi connectivity index (χ2n) is 4.23. The molecule has 0 spiro atoms. The third-order valence-electron chi connectivity index (χ3n) is 2.85. The number of rotatable bonds is 4. The number of aromatic nitrogens is 2. The van der Waals surface area contributed by atoms with Gasteiger partial charge in [-0.3, -0.25) is 9.82 Å². The van der Waals surface area contributed by atoms with E-state index in [-0.39, 0.29) is 4.90 Å². The number of aryl methyl sites for hydroxylation is 2. The van der Waals surface area contributed by atoms with Gasteiger partial charge in [0.05, 0.1) is 17.6 Å². The Morgan fingerprint density at radius 1 is 1.42 bits per heavy atom. The van der Waals surface area contributed by atoms with Crippen LogP contribution >= 0.6 is 0 Å². The summed E-state index contributed by atoms with van der Waals surface area (Å²) in [7, 11) is -3.64. The maximum atomic E-state index is 12.1. The smallest absolute Gasteiger partial charge is 0.265 e. The van der Waals surface area contributed by atoms with E-state index >= 15 is 0 Å². The van der Waals surface area contributed by atoms with Gasteiger partial charge in [0.15, 0.2) is 0 Å². The van der Waals surface area contributed by atoms with Gasteiger partial charge in [-0.1, -0.05) is 13.0 Å². The number of anilines is 2. The molecule has 0 bridgehead atoms. The van der Waals surface area contributed by atoms with Gasteiger partial charge in [0.1, 0.15) is 4.90 Å². The van der Waals surface area contributed by atoms with Crippen LogP contribution in [0.2, 0.25) is 0 Å². The highest BCUT2D eigenvalue weighted by Gasteiger charge is 2.18. The van der Waals surface area contributed by atoms with Crippen LogP contribution in [-0.2, 0) is 16.4 Å². The van der Waals surface area contributed by atoms with Crippen molar-refractivity contribution in [2.75, 3.05) is 10.5 Å². The quantitative estimate of drug-likeness (QED) is 0.741. The first-order valence-corrected chi connectivity index (χ1v) is 7.33. The fourth-order valence-electron chi connectivity index (χ4n) is 1.80. The number of hydrogen-bond donors (Lipinski definition) is 3. The maximum absolute atomic E-state index is 12.1. The van der Waals surface area contributed by atoms with Crippen LogP contribution in [0.15, 0.2) is 29.3 Å². The number of nitrogens with two attached hydrogens (primary N) is 1. The van der Waals surface area contributed by atoms with E-state index in [0.717, 1.165) is 12.0 Å². The highest BCUT2D eigenvalue weighted by molar-refractivity contribution is 7.92. The van der Waals surface area contributed by atoms with Crippen LogP contribution in [-0.4, -0.2) is 18.6 Å². The number of nitrogen functional groups attached to an aromatic ring is 1. The summed E-state index contributed by atoms with van der Waals surface area (Å²) in [5.41, 5.74) is 8.34. The molecule has 0 atom stereocenters. The summed E-state index contributed by atoms with van der Waals surface area (Å²) in [4.78, 5) is 0.130. The predicted octanol–water partition coefficient (Wildman–Crippen LogP) is 1.66. The molecule has 2 aromatic rings. The molecule has 0 saturated heterocycles. The molecule has 1 aromatic carbocycles. The standard InChI is InChI=1S/C12H16N4O2S/c1-3-9-4-5-10(6-11(9)13)16-19(17,18)12-7-14-15-8(12)2/h4-7,16H,3,13H2,1-2H3,(H,14,15). The van der Waals surface area contributed by atoms with Crippen LogP contribution in [0.4, 0.5) is 11.4 Å². The molecule has 102 valence electrons. The summed E-state index contributed by atoms with van der Waals surface area (Å²) in [6.07, 6.45) is 2.08. The molecule has 1 aromatic heterocycles. The monoisotopic (exact) mass is 280 g/mol. The molecular weight excluding hydrogens is 264 g/mol. The van der Waals surface area contributed by atoms with Gasteiger partial charge >= 0.3 is 0 Å². The predicted molar refractivity (Wildman–Crippen MR) is 74.4 cm³/mol. The lowest BCUT2D eigenvalue weighted by atomic mass is 10.1. The molecule has 19 heavy (non-hydrogen) atoms. The number of aromatic amines is 1. The molecule has 4 N–H and O–H groups in total. The van der Waals surface area contributed by atoms with Crippen LogP contribution in [0.3, 0.4) is 0 Å². The zero-order chi connectivity index (χ0) is 14.0. The van der Waals surface area contributed by atoms with Gasteiger partial charge in [-0.25, -0.2) is 8.42 Å². The van der Waals surface area contributed by atoms with Crippen LogP contribution in [0.1, 0.15) is 18.2 Å². The summed E-state index contributed by atoms with van der Waals surface area (Å²) in [6.45, 7) is 3.64. The molecule has 6 nitrogen and oxygen atoms in total. The molecule has 0 radical (unpaired) electrons. The zero-order valence-corrected chi connectivity index (χ0v) is 11.6. The highest BCUT2D eigenvalue weighted by atomic mass is 32.2. The van der Waals surface area contributed by atoms with Gasteiger partial charge < -0.3 is 5.73 Å². The summed E-state index contributed by atoms with van der Waals surface area (Å²) in [5.74, 6) is 0. The topological polar surface area (TPSA) is 101 Å². The molecule has 0 aliphatic carbocycles. The minimum absolute atomic E-state index is 0.130. The highest BCUT2D eigenvalue weighted by Crippen LogP contribution is 2.22. The average Bonchev–Trinajstić information content (AvgIpc) is 2.76. The second kappa shape index (κ2) is 4.93. The van der Waals surface area contributed by atoms with E-state index in [1.807, 2.05) is 13.0 Å². The Kier molecular flexibility index (Phi) is 3.48. The Balaban J connectivity index is 2.31. The summed E-state index contributed by atoms with van der Waals surface area (Å²) in [5, 5.41) is 6.30. The molecule has 2 rings (SSSR count). The number of H-pyrrole nitrogens is 1. The van der Waals surface area contributed by atoms with Crippen molar-refractivity contribution in [3.8, 4) is 0 Å². The molecule has 0 aliphatic rings. The Bertz CT molecular complexity index is 692. The van der Waals surface area contributed by atoms with E-state index < -0.39 is 10.0 Å². The lowest BCUT2D eigenvalue weighted by Gasteiger charge is -2.09. The molecule has 0 aliphatic heterocycles. The van der Waals surface area contributed by atoms with Gasteiger partial charge in [0.25, 0.3) is 10.0 Å². The first-order valence-electron chi connectivity index (χ1n) is 5.85. The lowest BCUT2D eigenvalue weighted by Crippen LogP contribution is -2.13. The summed E-state index contributed by atoms with van der Waals surface area (Å²) in [6, 6.07) is 5.13. The Morgan fingerprint density at radius 2 is 2.16 bits per heavy atom. The normalized spacial score (nSPS) is 11.5. The van der Waals surface area contributed by atoms with Crippen molar-refractivity contribution in [2.24, 2.45) is 0 Å². The lowest BCUT2D eigenvalue weighted by molar-refractivity contribution is 0.600. The summed E-state index contributed by atoms with van der Waals surface area (Å²) < 4.78 is 26.8.